The molecule has 0 aromatic carbocycles. The van der Waals surface area contributed by atoms with Gasteiger partial charge in [-0.3, -0.25) is 19.2 Å². The van der Waals surface area contributed by atoms with Crippen LogP contribution in [0.4, 0.5) is 0 Å². The summed E-state index contributed by atoms with van der Waals surface area (Å²) in [6.45, 7) is 13.7. The molecule has 0 saturated heterocycles. The van der Waals surface area contributed by atoms with Crippen LogP contribution >= 0.6 is 0 Å². The van der Waals surface area contributed by atoms with Crippen molar-refractivity contribution in [2.75, 3.05) is 0 Å². The number of ether oxygens (including phenoxy) is 3. The number of aliphatic hydroxyl groups excluding tert-OH is 1. The lowest BCUT2D eigenvalue weighted by Crippen LogP contribution is -2.75. The van der Waals surface area contributed by atoms with Crippen molar-refractivity contribution in [3.05, 3.63) is 12.2 Å². The van der Waals surface area contributed by atoms with Crippen LogP contribution in [-0.4, -0.2) is 63.9 Å². The van der Waals surface area contributed by atoms with E-state index >= 15 is 0 Å². The highest BCUT2D eigenvalue weighted by atomic mass is 16.6. The highest BCUT2D eigenvalue weighted by Gasteiger charge is 2.82. The van der Waals surface area contributed by atoms with Gasteiger partial charge in [0.2, 0.25) is 0 Å². The Balaban J connectivity index is 2.04. The molecule has 35 heavy (non-hydrogen) atoms. The van der Waals surface area contributed by atoms with E-state index in [1.165, 1.54) is 20.8 Å². The first-order valence-corrected chi connectivity index (χ1v) is 12.2. The standard InChI is InChI=1S/C26H36O9/c1-12-21(30)26-19(35-15(4)29)10-17-23(5,6)9-8-18(34-14(3)28)24(17,7)20(26)16(33-13(2)27)11-25(12,32)22(26)31/h16-20,22,31-32H,1,8-11H2,2-7H3/t16-,17+,18+,19+,20-,22+,24-,25+,26+/m0/s1. The molecule has 9 nitrogen and oxygen atoms in total. The van der Waals surface area contributed by atoms with Crippen molar-refractivity contribution in [2.24, 2.45) is 28.1 Å². The molecule has 2 bridgehead atoms. The number of esters is 3. The van der Waals surface area contributed by atoms with Gasteiger partial charge in [0.15, 0.2) is 5.78 Å². The van der Waals surface area contributed by atoms with Gasteiger partial charge in [-0.05, 0) is 30.6 Å². The van der Waals surface area contributed by atoms with Crippen molar-refractivity contribution in [1.82, 2.24) is 0 Å². The average molecular weight is 493 g/mol. The molecule has 0 heterocycles. The monoisotopic (exact) mass is 492 g/mol. The van der Waals surface area contributed by atoms with Crippen molar-refractivity contribution >= 4 is 23.7 Å². The van der Waals surface area contributed by atoms with Crippen LogP contribution in [-0.2, 0) is 33.4 Å². The van der Waals surface area contributed by atoms with Crippen molar-refractivity contribution in [1.29, 1.82) is 0 Å². The number of ketones is 1. The van der Waals surface area contributed by atoms with Crippen molar-refractivity contribution < 1.29 is 43.6 Å². The zero-order valence-electron chi connectivity index (χ0n) is 21.3. The first-order valence-electron chi connectivity index (χ1n) is 12.2. The predicted molar refractivity (Wildman–Crippen MR) is 122 cm³/mol. The minimum atomic E-state index is -2.05. The maximum absolute atomic E-state index is 14.0. The summed E-state index contributed by atoms with van der Waals surface area (Å²) in [5, 5.41) is 23.2. The zero-order valence-corrected chi connectivity index (χ0v) is 21.3. The van der Waals surface area contributed by atoms with E-state index in [0.717, 1.165) is 0 Å². The van der Waals surface area contributed by atoms with Crippen LogP contribution in [0.15, 0.2) is 12.2 Å². The zero-order chi connectivity index (χ0) is 26.3. The average Bonchev–Trinajstić information content (AvgIpc) is 2.80. The van der Waals surface area contributed by atoms with Gasteiger partial charge < -0.3 is 24.4 Å². The lowest BCUT2D eigenvalue weighted by Gasteiger charge is -2.68. The third kappa shape index (κ3) is 3.26. The summed E-state index contributed by atoms with van der Waals surface area (Å²) in [6.07, 6.45) is -3.21. The molecule has 0 amide bonds. The Bertz CT molecular complexity index is 1000. The van der Waals surface area contributed by atoms with E-state index in [-0.39, 0.29) is 29.7 Å². The fourth-order valence-corrected chi connectivity index (χ4v) is 8.37. The molecule has 9 atom stereocenters. The molecule has 4 aliphatic carbocycles. The Kier molecular flexibility index (Phi) is 5.80. The van der Waals surface area contributed by atoms with Crippen LogP contribution in [0.2, 0.25) is 0 Å². The molecule has 4 fully saturated rings. The summed E-state index contributed by atoms with van der Waals surface area (Å²) in [7, 11) is 0. The first kappa shape index (κ1) is 25.8. The van der Waals surface area contributed by atoms with E-state index < -0.39 is 70.5 Å². The molecule has 194 valence electrons. The van der Waals surface area contributed by atoms with E-state index in [4.69, 9.17) is 14.2 Å². The summed E-state index contributed by atoms with van der Waals surface area (Å²) in [6, 6.07) is 0. The normalized spacial score (nSPS) is 45.7. The Hall–Kier alpha value is -2.26. The third-order valence-electron chi connectivity index (χ3n) is 9.52. The predicted octanol–water partition coefficient (Wildman–Crippen LogP) is 1.86. The van der Waals surface area contributed by atoms with Crippen LogP contribution in [0.3, 0.4) is 0 Å². The highest BCUT2D eigenvalue weighted by Crippen LogP contribution is 2.72. The molecule has 0 aromatic rings. The second-order valence-corrected chi connectivity index (χ2v) is 11.8. The van der Waals surface area contributed by atoms with Gasteiger partial charge in [0.25, 0.3) is 0 Å². The lowest BCUT2D eigenvalue weighted by atomic mass is 9.38. The smallest absolute Gasteiger partial charge is 0.302 e. The summed E-state index contributed by atoms with van der Waals surface area (Å²) in [5.74, 6) is -3.48. The van der Waals surface area contributed by atoms with E-state index in [1.54, 1.807) is 0 Å². The maximum atomic E-state index is 14.0. The minimum Gasteiger partial charge on any atom is -0.462 e. The summed E-state index contributed by atoms with van der Waals surface area (Å²) in [4.78, 5) is 50.7. The number of hydrogen-bond acceptors (Lipinski definition) is 9. The molecule has 2 N–H and O–H groups in total. The van der Waals surface area contributed by atoms with Crippen LogP contribution in [0.1, 0.15) is 67.2 Å². The Morgan fingerprint density at radius 1 is 0.971 bits per heavy atom. The van der Waals surface area contributed by atoms with Crippen molar-refractivity contribution in [3.63, 3.8) is 0 Å². The van der Waals surface area contributed by atoms with E-state index in [1.807, 2.05) is 6.92 Å². The fraction of sp³-hybridized carbons (Fsp3) is 0.769. The van der Waals surface area contributed by atoms with Crippen LogP contribution in [0, 0.1) is 28.1 Å². The maximum Gasteiger partial charge on any atom is 0.302 e. The summed E-state index contributed by atoms with van der Waals surface area (Å²) < 4.78 is 17.3. The van der Waals surface area contributed by atoms with Gasteiger partial charge in [-0.2, -0.15) is 0 Å². The Morgan fingerprint density at radius 3 is 2.06 bits per heavy atom. The van der Waals surface area contributed by atoms with Gasteiger partial charge in [0.05, 0.1) is 0 Å². The number of carbonyl (C=O) groups is 4. The lowest BCUT2D eigenvalue weighted by molar-refractivity contribution is -0.296. The van der Waals surface area contributed by atoms with E-state index in [9.17, 15) is 29.4 Å². The fourth-order valence-electron chi connectivity index (χ4n) is 8.37. The van der Waals surface area contributed by atoms with Crippen LogP contribution in [0.5, 0.6) is 0 Å². The number of hydrogen-bond donors (Lipinski definition) is 2. The van der Waals surface area contributed by atoms with E-state index in [2.05, 4.69) is 20.4 Å². The van der Waals surface area contributed by atoms with Crippen molar-refractivity contribution in [3.8, 4) is 0 Å². The second-order valence-electron chi connectivity index (χ2n) is 11.8. The van der Waals surface area contributed by atoms with Gasteiger partial charge in [-0.15, -0.1) is 0 Å². The highest BCUT2D eigenvalue weighted by molar-refractivity contribution is 6.06. The number of rotatable bonds is 3. The van der Waals surface area contributed by atoms with E-state index in [0.29, 0.717) is 12.8 Å². The summed E-state index contributed by atoms with van der Waals surface area (Å²) in [5.41, 5.74) is -5.32. The first-order chi connectivity index (χ1) is 16.0. The molecule has 0 unspecified atom stereocenters. The molecule has 0 aliphatic heterocycles. The minimum absolute atomic E-state index is 0.192. The SMILES string of the molecule is C=C1C(=O)[C@@]23[C@H](OC(C)=O)C[C@@H]4C(C)(C)CC[C@@H](OC(C)=O)[C@@]4(C)[C@@H]2[C@@H](OC(C)=O)C[C@]1(O)[C@H]3O. The Morgan fingerprint density at radius 2 is 1.51 bits per heavy atom. The molecule has 1 spiro atoms. The van der Waals surface area contributed by atoms with Crippen molar-refractivity contribution in [2.45, 2.75) is 97.2 Å². The largest absolute Gasteiger partial charge is 0.462 e. The van der Waals surface area contributed by atoms with Gasteiger partial charge in [0.1, 0.15) is 35.4 Å². The number of fused-ring (bicyclic) bond motifs is 3. The molecule has 4 saturated carbocycles. The molecular formula is C26H36O9. The topological polar surface area (TPSA) is 136 Å². The van der Waals surface area contributed by atoms with Crippen LogP contribution < -0.4 is 0 Å². The van der Waals surface area contributed by atoms with Gasteiger partial charge >= 0.3 is 17.9 Å². The van der Waals surface area contributed by atoms with Gasteiger partial charge in [-0.1, -0.05) is 27.4 Å². The number of aliphatic hydroxyl groups is 2. The van der Waals surface area contributed by atoms with Gasteiger partial charge in [0, 0.05) is 44.1 Å². The van der Waals surface area contributed by atoms with Crippen LogP contribution in [0.25, 0.3) is 0 Å². The van der Waals surface area contributed by atoms with Gasteiger partial charge in [-0.25, -0.2) is 0 Å². The number of Topliss-reactive ketones (excluding diaryl/α,β-unsaturated/α-hetero) is 1. The molecule has 0 radical (unpaired) electrons. The Labute approximate surface area is 205 Å². The molecule has 9 heteroatoms. The molecule has 0 aromatic heterocycles. The molecule has 4 aliphatic rings. The third-order valence-corrected chi connectivity index (χ3v) is 9.52. The second kappa shape index (κ2) is 7.87. The quantitative estimate of drug-likeness (QED) is 0.344. The molecule has 4 rings (SSSR count). The summed E-state index contributed by atoms with van der Waals surface area (Å²) >= 11 is 0. The molecular weight excluding hydrogens is 456 g/mol. The number of carbonyl (C=O) groups excluding carboxylic acids is 4.